The third-order valence-electron chi connectivity index (χ3n) is 0.900. The van der Waals surface area contributed by atoms with Gasteiger partial charge in [0, 0.05) is 24.5 Å². The van der Waals surface area contributed by atoms with Crippen LogP contribution in [-0.2, 0) is 9.24 Å². The highest BCUT2D eigenvalue weighted by molar-refractivity contribution is 7.53. The van der Waals surface area contributed by atoms with E-state index >= 15 is 0 Å². The Kier molecular flexibility index (Phi) is 2.81. The third kappa shape index (κ3) is 3.48. The molecule has 0 aromatic carbocycles. The maximum atomic E-state index is 10.5. The summed E-state index contributed by atoms with van der Waals surface area (Å²) in [6, 6.07) is 2.96. The molecule has 12 heavy (non-hydrogen) atoms. The van der Waals surface area contributed by atoms with Gasteiger partial charge in [0.2, 0.25) is 0 Å². The van der Waals surface area contributed by atoms with Gasteiger partial charge in [0.15, 0.2) is 5.75 Å². The predicted molar refractivity (Wildman–Crippen MR) is 41.1 cm³/mol. The van der Waals surface area contributed by atoms with Gasteiger partial charge in [-0.3, -0.25) is 9.55 Å². The average Bonchev–Trinajstić information content (AvgIpc) is 2.02. The molecule has 1 radical (unpaired) electrons. The molecule has 0 saturated heterocycles. The van der Waals surface area contributed by atoms with E-state index in [1.165, 1.54) is 24.5 Å². The Morgan fingerprint density at radius 2 is 2.08 bits per heavy atom. The van der Waals surface area contributed by atoms with Crippen molar-refractivity contribution < 1.29 is 19.0 Å². The largest absolute Gasteiger partial charge is 0.367 e. The van der Waals surface area contributed by atoms with Crippen LogP contribution < -0.4 is 4.89 Å². The Hall–Kier alpha value is -0.900. The first-order chi connectivity index (χ1) is 5.58. The standard InChI is InChI=1S/C6H7NO4P/c1-12(8,9)11-10-6-2-4-7-5-3-6/h2-5H,1H2,(H,8,9). The van der Waals surface area contributed by atoms with Gasteiger partial charge in [-0.2, -0.15) is 0 Å². The SMILES string of the molecule is [CH2]P(=O)(O)OOc1ccncc1. The summed E-state index contributed by atoms with van der Waals surface area (Å²) in [4.78, 5) is 16.7. The van der Waals surface area contributed by atoms with Crippen molar-refractivity contribution >= 4 is 7.60 Å². The molecular formula is C6H7NO4P. The molecule has 0 saturated carbocycles. The zero-order valence-electron chi connectivity index (χ0n) is 6.08. The minimum atomic E-state index is -3.82. The van der Waals surface area contributed by atoms with Crippen molar-refractivity contribution in [2.75, 3.05) is 0 Å². The fourth-order valence-electron chi connectivity index (χ4n) is 0.495. The highest BCUT2D eigenvalue weighted by atomic mass is 31.2. The number of rotatable bonds is 3. The molecular weight excluding hydrogens is 181 g/mol. The molecule has 0 spiro atoms. The second-order valence-corrected chi connectivity index (χ2v) is 3.40. The van der Waals surface area contributed by atoms with Crippen LogP contribution in [0.5, 0.6) is 5.75 Å². The van der Waals surface area contributed by atoms with E-state index in [9.17, 15) is 4.57 Å². The van der Waals surface area contributed by atoms with E-state index in [0.717, 1.165) is 0 Å². The van der Waals surface area contributed by atoms with E-state index < -0.39 is 7.60 Å². The molecule has 0 aliphatic heterocycles. The van der Waals surface area contributed by atoms with E-state index in [4.69, 9.17) is 4.89 Å². The summed E-state index contributed by atoms with van der Waals surface area (Å²) in [5, 5.41) is 0. The van der Waals surface area contributed by atoms with Crippen LogP contribution >= 0.6 is 7.60 Å². The van der Waals surface area contributed by atoms with Crippen molar-refractivity contribution in [1.82, 2.24) is 4.98 Å². The van der Waals surface area contributed by atoms with Crippen molar-refractivity contribution in [2.24, 2.45) is 0 Å². The Morgan fingerprint density at radius 3 is 2.58 bits per heavy atom. The molecule has 5 nitrogen and oxygen atoms in total. The van der Waals surface area contributed by atoms with Crippen molar-refractivity contribution in [2.45, 2.75) is 0 Å². The predicted octanol–water partition coefficient (Wildman–Crippen LogP) is 1.37. The lowest BCUT2D eigenvalue weighted by Crippen LogP contribution is -1.92. The van der Waals surface area contributed by atoms with Gasteiger partial charge in [0.05, 0.1) is 6.66 Å². The number of nitrogens with zero attached hydrogens (tertiary/aromatic N) is 1. The lowest BCUT2D eigenvalue weighted by molar-refractivity contribution is -0.106. The topological polar surface area (TPSA) is 68.7 Å². The molecule has 0 amide bonds. The maximum Gasteiger partial charge on any atom is 0.367 e. The molecule has 1 unspecified atom stereocenters. The van der Waals surface area contributed by atoms with Gasteiger partial charge in [0.1, 0.15) is 0 Å². The lowest BCUT2D eigenvalue weighted by Gasteiger charge is -2.05. The molecule has 0 aliphatic carbocycles. The molecule has 1 N–H and O–H groups in total. The molecule has 0 fully saturated rings. The molecule has 1 aromatic heterocycles. The summed E-state index contributed by atoms with van der Waals surface area (Å²) in [7, 11) is -3.82. The molecule has 0 aliphatic rings. The molecule has 0 bridgehead atoms. The molecule has 1 atom stereocenters. The van der Waals surface area contributed by atoms with E-state index in [1.807, 2.05) is 0 Å². The van der Waals surface area contributed by atoms with Gasteiger partial charge < -0.3 is 9.78 Å². The van der Waals surface area contributed by atoms with Crippen LogP contribution in [0, 0.1) is 6.66 Å². The van der Waals surface area contributed by atoms with Crippen molar-refractivity contribution in [3.63, 3.8) is 0 Å². The van der Waals surface area contributed by atoms with E-state index in [1.54, 1.807) is 0 Å². The van der Waals surface area contributed by atoms with E-state index in [0.29, 0.717) is 5.75 Å². The lowest BCUT2D eigenvalue weighted by atomic mass is 10.5. The molecule has 6 heteroatoms. The molecule has 1 rings (SSSR count). The van der Waals surface area contributed by atoms with E-state index in [-0.39, 0.29) is 0 Å². The summed E-state index contributed by atoms with van der Waals surface area (Å²) in [5.74, 6) is 0.294. The van der Waals surface area contributed by atoms with Crippen LogP contribution in [0.4, 0.5) is 0 Å². The second kappa shape index (κ2) is 3.67. The first-order valence-corrected chi connectivity index (χ1v) is 4.78. The maximum absolute atomic E-state index is 10.5. The highest BCUT2D eigenvalue weighted by Gasteiger charge is 2.12. The zero-order chi connectivity index (χ0) is 9.03. The van der Waals surface area contributed by atoms with Gasteiger partial charge in [-0.05, 0) is 0 Å². The average molecular weight is 188 g/mol. The Balaban J connectivity index is 2.50. The normalized spacial score (nSPS) is 15.2. The number of hydrogen-bond donors (Lipinski definition) is 1. The van der Waals surface area contributed by atoms with Crippen LogP contribution in [0.15, 0.2) is 24.5 Å². The van der Waals surface area contributed by atoms with Crippen LogP contribution in [0.3, 0.4) is 0 Å². The second-order valence-electron chi connectivity index (χ2n) is 1.98. The minimum Gasteiger partial charge on any atom is -0.329 e. The van der Waals surface area contributed by atoms with Crippen LogP contribution in [0.2, 0.25) is 0 Å². The van der Waals surface area contributed by atoms with Crippen LogP contribution in [-0.4, -0.2) is 9.88 Å². The monoisotopic (exact) mass is 188 g/mol. The van der Waals surface area contributed by atoms with Crippen molar-refractivity contribution in [3.8, 4) is 5.75 Å². The summed E-state index contributed by atoms with van der Waals surface area (Å²) in [6.07, 6.45) is 2.92. The summed E-state index contributed by atoms with van der Waals surface area (Å²) < 4.78 is 14.6. The van der Waals surface area contributed by atoms with Gasteiger partial charge in [-0.25, -0.2) is 0 Å². The van der Waals surface area contributed by atoms with Crippen LogP contribution in [0.25, 0.3) is 0 Å². The Labute approximate surface area is 69.4 Å². The minimum absolute atomic E-state index is 0.294. The first kappa shape index (κ1) is 9.19. The van der Waals surface area contributed by atoms with Gasteiger partial charge >= 0.3 is 7.60 Å². The van der Waals surface area contributed by atoms with Gasteiger partial charge in [-0.1, -0.05) is 4.67 Å². The fourth-order valence-corrected chi connectivity index (χ4v) is 0.698. The third-order valence-corrected chi connectivity index (χ3v) is 1.21. The fraction of sp³-hybridized carbons (Fsp3) is 0. The zero-order valence-corrected chi connectivity index (χ0v) is 6.98. The van der Waals surface area contributed by atoms with Crippen molar-refractivity contribution in [1.29, 1.82) is 0 Å². The smallest absolute Gasteiger partial charge is 0.329 e. The summed E-state index contributed by atoms with van der Waals surface area (Å²) >= 11 is 0. The first-order valence-electron chi connectivity index (χ1n) is 3.01. The van der Waals surface area contributed by atoms with E-state index in [2.05, 4.69) is 21.2 Å². The number of hydrogen-bond acceptors (Lipinski definition) is 4. The Bertz CT molecular complexity index is 283. The van der Waals surface area contributed by atoms with Crippen molar-refractivity contribution in [3.05, 3.63) is 31.2 Å². The Morgan fingerprint density at radius 1 is 1.50 bits per heavy atom. The number of pyridine rings is 1. The van der Waals surface area contributed by atoms with Gasteiger partial charge in [0.25, 0.3) is 0 Å². The van der Waals surface area contributed by atoms with Gasteiger partial charge in [-0.15, -0.1) is 0 Å². The number of aromatic nitrogens is 1. The summed E-state index contributed by atoms with van der Waals surface area (Å²) in [6.45, 7) is 2.83. The highest BCUT2D eigenvalue weighted by Crippen LogP contribution is 2.39. The molecule has 65 valence electrons. The summed E-state index contributed by atoms with van der Waals surface area (Å²) in [5.41, 5.74) is 0. The molecule has 1 aromatic rings. The van der Waals surface area contributed by atoms with Crippen LogP contribution in [0.1, 0.15) is 0 Å². The molecule has 1 heterocycles. The quantitative estimate of drug-likeness (QED) is 0.440.